The zero-order chi connectivity index (χ0) is 11.5. The molecule has 0 unspecified atom stereocenters. The van der Waals surface area contributed by atoms with Crippen molar-refractivity contribution in [2.45, 2.75) is 12.8 Å². The van der Waals surface area contributed by atoms with Gasteiger partial charge in [0.2, 0.25) is 5.91 Å². The third-order valence-corrected chi connectivity index (χ3v) is 1.97. The highest BCUT2D eigenvalue weighted by molar-refractivity contribution is 5.75. The zero-order valence-corrected chi connectivity index (χ0v) is 9.03. The quantitative estimate of drug-likeness (QED) is 0.314. The third kappa shape index (κ3) is 7.88. The summed E-state index contributed by atoms with van der Waals surface area (Å²) in [5.74, 6) is 4.76. The molecule has 0 rings (SSSR count). The van der Waals surface area contributed by atoms with Crippen LogP contribution in [0.15, 0.2) is 0 Å². The second-order valence-electron chi connectivity index (χ2n) is 3.06. The predicted molar refractivity (Wildman–Crippen MR) is 55.5 cm³/mol. The summed E-state index contributed by atoms with van der Waals surface area (Å²) in [6.45, 7) is 2.55. The molecule has 0 heterocycles. The molecule has 6 heteroatoms. The monoisotopic (exact) mass is 214 g/mol. The Morgan fingerprint density at radius 1 is 1.53 bits per heavy atom. The molecule has 0 spiro atoms. The van der Waals surface area contributed by atoms with E-state index in [1.807, 2.05) is 4.90 Å². The van der Waals surface area contributed by atoms with Gasteiger partial charge < -0.3 is 4.74 Å². The number of hydrogen-bond acceptors (Lipinski definition) is 5. The van der Waals surface area contributed by atoms with Crippen LogP contribution in [0.1, 0.15) is 12.8 Å². The molecule has 0 atom stereocenters. The molecule has 0 aliphatic heterocycles. The van der Waals surface area contributed by atoms with Crippen molar-refractivity contribution < 1.29 is 9.53 Å². The summed E-state index contributed by atoms with van der Waals surface area (Å²) in [6, 6.07) is 2.07. The number of hydrogen-bond donors (Lipinski definition) is 2. The van der Waals surface area contributed by atoms with Crippen molar-refractivity contribution in [2.75, 3.05) is 33.4 Å². The largest absolute Gasteiger partial charge is 0.383 e. The molecule has 15 heavy (non-hydrogen) atoms. The number of carbonyl (C=O) groups excluding carboxylic acids is 1. The first-order chi connectivity index (χ1) is 7.24. The van der Waals surface area contributed by atoms with Gasteiger partial charge in [0.15, 0.2) is 0 Å². The van der Waals surface area contributed by atoms with Crippen molar-refractivity contribution in [3.05, 3.63) is 0 Å². The van der Waals surface area contributed by atoms with E-state index >= 15 is 0 Å². The maximum atomic E-state index is 10.9. The molecule has 0 aromatic heterocycles. The summed E-state index contributed by atoms with van der Waals surface area (Å²) >= 11 is 0. The summed E-state index contributed by atoms with van der Waals surface area (Å²) in [7, 11) is 1.62. The fraction of sp³-hybridized carbons (Fsp3) is 0.778. The van der Waals surface area contributed by atoms with Gasteiger partial charge in [0, 0.05) is 39.6 Å². The van der Waals surface area contributed by atoms with Gasteiger partial charge in [0.05, 0.1) is 12.7 Å². The van der Waals surface area contributed by atoms with Gasteiger partial charge in [-0.3, -0.25) is 15.1 Å². The predicted octanol–water partition coefficient (Wildman–Crippen LogP) is -0.772. The van der Waals surface area contributed by atoms with E-state index in [9.17, 15) is 4.79 Å². The molecule has 0 saturated carbocycles. The Labute approximate surface area is 89.9 Å². The summed E-state index contributed by atoms with van der Waals surface area (Å²) in [4.78, 5) is 12.9. The third-order valence-electron chi connectivity index (χ3n) is 1.97. The number of ether oxygens (including phenoxy) is 1. The lowest BCUT2D eigenvalue weighted by Crippen LogP contribution is -2.35. The van der Waals surface area contributed by atoms with Crippen LogP contribution in [0, 0.1) is 11.3 Å². The maximum Gasteiger partial charge on any atom is 0.235 e. The number of rotatable bonds is 8. The molecule has 0 aliphatic carbocycles. The lowest BCUT2D eigenvalue weighted by atomic mass is 10.3. The van der Waals surface area contributed by atoms with E-state index in [1.54, 1.807) is 7.11 Å². The minimum atomic E-state index is -0.200. The fourth-order valence-corrected chi connectivity index (χ4v) is 1.10. The van der Waals surface area contributed by atoms with E-state index in [4.69, 9.17) is 15.8 Å². The summed E-state index contributed by atoms with van der Waals surface area (Å²) < 4.78 is 4.94. The van der Waals surface area contributed by atoms with Gasteiger partial charge in [-0.1, -0.05) is 0 Å². The minimum Gasteiger partial charge on any atom is -0.383 e. The van der Waals surface area contributed by atoms with Crippen molar-refractivity contribution in [1.82, 2.24) is 10.3 Å². The number of nitrogens with one attached hydrogen (secondary N) is 1. The first-order valence-corrected chi connectivity index (χ1v) is 4.82. The topological polar surface area (TPSA) is 91.4 Å². The number of nitriles is 1. The average Bonchev–Trinajstić information content (AvgIpc) is 2.27. The molecule has 0 radical (unpaired) electrons. The number of carbonyl (C=O) groups is 1. The number of nitrogens with zero attached hydrogens (tertiary/aromatic N) is 2. The number of nitrogens with two attached hydrogens (primary N) is 1. The molecular formula is C9H18N4O2. The molecule has 0 aliphatic rings. The van der Waals surface area contributed by atoms with Crippen LogP contribution in [0.5, 0.6) is 0 Å². The van der Waals surface area contributed by atoms with Gasteiger partial charge in [0.1, 0.15) is 0 Å². The Bertz CT molecular complexity index is 215. The average molecular weight is 214 g/mol. The van der Waals surface area contributed by atoms with E-state index < -0.39 is 0 Å². The molecule has 1 amide bonds. The van der Waals surface area contributed by atoms with Crippen LogP contribution in [0.25, 0.3) is 0 Å². The van der Waals surface area contributed by atoms with E-state index in [1.165, 1.54) is 0 Å². The molecule has 0 bridgehead atoms. The van der Waals surface area contributed by atoms with Crippen molar-refractivity contribution in [3.8, 4) is 6.07 Å². The van der Waals surface area contributed by atoms with Crippen LogP contribution >= 0.6 is 0 Å². The van der Waals surface area contributed by atoms with Crippen LogP contribution in [-0.2, 0) is 9.53 Å². The zero-order valence-electron chi connectivity index (χ0n) is 9.03. The van der Waals surface area contributed by atoms with E-state index in [2.05, 4.69) is 11.5 Å². The van der Waals surface area contributed by atoms with Crippen molar-refractivity contribution >= 4 is 5.91 Å². The Morgan fingerprint density at radius 3 is 2.80 bits per heavy atom. The van der Waals surface area contributed by atoms with Crippen molar-refractivity contribution in [3.63, 3.8) is 0 Å². The highest BCUT2D eigenvalue weighted by atomic mass is 16.5. The van der Waals surface area contributed by atoms with Gasteiger partial charge in [0.25, 0.3) is 0 Å². The normalized spacial score (nSPS) is 10.0. The van der Waals surface area contributed by atoms with Gasteiger partial charge in [-0.05, 0) is 0 Å². The van der Waals surface area contributed by atoms with Gasteiger partial charge in [-0.2, -0.15) is 5.26 Å². The Kier molecular flexibility index (Phi) is 8.67. The number of hydrazine groups is 1. The first kappa shape index (κ1) is 13.8. The van der Waals surface area contributed by atoms with Crippen LogP contribution in [-0.4, -0.2) is 44.2 Å². The fourth-order valence-electron chi connectivity index (χ4n) is 1.10. The molecule has 0 saturated heterocycles. The summed E-state index contributed by atoms with van der Waals surface area (Å²) in [6.07, 6.45) is 0.791. The second kappa shape index (κ2) is 9.40. The maximum absolute atomic E-state index is 10.9. The van der Waals surface area contributed by atoms with Gasteiger partial charge >= 0.3 is 0 Å². The molecule has 0 fully saturated rings. The van der Waals surface area contributed by atoms with E-state index in [0.29, 0.717) is 32.5 Å². The SMILES string of the molecule is COCCN(CCC#N)CCC(=O)NN. The molecule has 86 valence electrons. The van der Waals surface area contributed by atoms with Gasteiger partial charge in [-0.25, -0.2) is 5.84 Å². The standard InChI is InChI=1S/C9H18N4O2/c1-15-8-7-13(5-2-4-10)6-3-9(14)12-11/h2-3,5-8,11H2,1H3,(H,12,14). The molecule has 3 N–H and O–H groups in total. The van der Waals surface area contributed by atoms with Crippen LogP contribution in [0.4, 0.5) is 0 Å². The summed E-state index contributed by atoms with van der Waals surface area (Å²) in [5.41, 5.74) is 2.07. The minimum absolute atomic E-state index is 0.200. The lowest BCUT2D eigenvalue weighted by Gasteiger charge is -2.19. The Hall–Kier alpha value is -1.16. The molecular weight excluding hydrogens is 196 g/mol. The van der Waals surface area contributed by atoms with E-state index in [-0.39, 0.29) is 5.91 Å². The summed E-state index contributed by atoms with van der Waals surface area (Å²) in [5, 5.41) is 8.46. The highest BCUT2D eigenvalue weighted by Crippen LogP contribution is 1.94. The van der Waals surface area contributed by atoms with Crippen LogP contribution in [0.3, 0.4) is 0 Å². The Balaban J connectivity index is 3.79. The number of amides is 1. The van der Waals surface area contributed by atoms with Crippen molar-refractivity contribution in [1.29, 1.82) is 5.26 Å². The smallest absolute Gasteiger partial charge is 0.235 e. The second-order valence-corrected chi connectivity index (χ2v) is 3.06. The van der Waals surface area contributed by atoms with E-state index in [0.717, 1.165) is 6.54 Å². The van der Waals surface area contributed by atoms with Crippen LogP contribution in [0.2, 0.25) is 0 Å². The number of methoxy groups -OCH3 is 1. The highest BCUT2D eigenvalue weighted by Gasteiger charge is 2.06. The lowest BCUT2D eigenvalue weighted by molar-refractivity contribution is -0.121. The Morgan fingerprint density at radius 2 is 2.27 bits per heavy atom. The molecule has 6 nitrogen and oxygen atoms in total. The first-order valence-electron chi connectivity index (χ1n) is 4.82. The molecule has 0 aromatic rings. The molecule has 0 aromatic carbocycles. The van der Waals surface area contributed by atoms with Gasteiger partial charge in [-0.15, -0.1) is 0 Å². The van der Waals surface area contributed by atoms with Crippen molar-refractivity contribution in [2.24, 2.45) is 5.84 Å². The van der Waals surface area contributed by atoms with Crippen LogP contribution < -0.4 is 11.3 Å².